The minimum atomic E-state index is -0.432. The Labute approximate surface area is 175 Å². The van der Waals surface area contributed by atoms with Gasteiger partial charge in [0.1, 0.15) is 5.75 Å². The van der Waals surface area contributed by atoms with Gasteiger partial charge < -0.3 is 24.7 Å². The molecule has 1 saturated heterocycles. The molecule has 0 bridgehead atoms. The fraction of sp³-hybridized carbons (Fsp3) is 0.500. The third-order valence-electron chi connectivity index (χ3n) is 6.16. The molecular weight excluding hydrogens is 394 g/mol. The lowest BCUT2D eigenvalue weighted by Gasteiger charge is -2.49. The van der Waals surface area contributed by atoms with Crippen molar-refractivity contribution in [3.63, 3.8) is 0 Å². The zero-order valence-corrected chi connectivity index (χ0v) is 17.2. The van der Waals surface area contributed by atoms with Crippen molar-refractivity contribution in [3.05, 3.63) is 47.0 Å². The minimum absolute atomic E-state index is 0.206. The monoisotopic (exact) mass is 419 g/mol. The molecule has 156 valence electrons. The van der Waals surface area contributed by atoms with Crippen LogP contribution in [0, 0.1) is 17.3 Å². The van der Waals surface area contributed by atoms with Crippen LogP contribution in [0.1, 0.15) is 29.6 Å². The molecule has 0 amide bonds. The van der Waals surface area contributed by atoms with E-state index in [4.69, 9.17) is 36.3 Å². The van der Waals surface area contributed by atoms with Gasteiger partial charge in [-0.2, -0.15) is 0 Å². The van der Waals surface area contributed by atoms with Gasteiger partial charge in [0.25, 0.3) is 0 Å². The van der Waals surface area contributed by atoms with Crippen LogP contribution in [0.15, 0.2) is 41.5 Å². The highest BCUT2D eigenvalue weighted by Crippen LogP contribution is 2.52. The van der Waals surface area contributed by atoms with Gasteiger partial charge in [0, 0.05) is 5.03 Å². The van der Waals surface area contributed by atoms with E-state index in [0.717, 1.165) is 24.3 Å². The number of anilines is 1. The lowest BCUT2D eigenvalue weighted by Crippen LogP contribution is -2.51. The molecule has 29 heavy (non-hydrogen) atoms. The first kappa shape index (κ1) is 20.3. The summed E-state index contributed by atoms with van der Waals surface area (Å²) in [6, 6.07) is 4.93. The van der Waals surface area contributed by atoms with Crippen LogP contribution in [0.5, 0.6) is 5.75 Å². The van der Waals surface area contributed by atoms with Crippen LogP contribution in [0.4, 0.5) is 5.69 Å². The Morgan fingerprint density at radius 1 is 1.34 bits per heavy atom. The molecule has 1 aromatic carbocycles. The number of methoxy groups -OCH3 is 1. The smallest absolute Gasteiger partial charge is 0.337 e. The Hall–Kier alpha value is -2.02. The number of hydrogen-bond acceptors (Lipinski definition) is 6. The molecule has 1 heterocycles. The van der Waals surface area contributed by atoms with Crippen molar-refractivity contribution in [2.24, 2.45) is 17.3 Å². The fourth-order valence-corrected chi connectivity index (χ4v) is 4.99. The third kappa shape index (κ3) is 3.89. The Morgan fingerprint density at radius 2 is 2.14 bits per heavy atom. The number of nitrogen functional groups attached to an aromatic ring is 1. The van der Waals surface area contributed by atoms with Gasteiger partial charge in [-0.25, -0.2) is 4.79 Å². The van der Waals surface area contributed by atoms with Crippen molar-refractivity contribution in [3.8, 4) is 5.75 Å². The summed E-state index contributed by atoms with van der Waals surface area (Å²) in [5.41, 5.74) is 6.59. The molecule has 7 heteroatoms. The van der Waals surface area contributed by atoms with Crippen LogP contribution >= 0.6 is 11.6 Å². The summed E-state index contributed by atoms with van der Waals surface area (Å²) in [6.07, 6.45) is 8.97. The lowest BCUT2D eigenvalue weighted by atomic mass is 9.60. The van der Waals surface area contributed by atoms with E-state index in [1.807, 2.05) is 6.08 Å². The number of ether oxygens (including phenoxy) is 4. The van der Waals surface area contributed by atoms with Gasteiger partial charge in [-0.1, -0.05) is 30.2 Å². The van der Waals surface area contributed by atoms with Gasteiger partial charge in [0.05, 0.1) is 43.6 Å². The normalized spacial score (nSPS) is 29.2. The Kier molecular flexibility index (Phi) is 5.86. The molecule has 2 unspecified atom stereocenters. The van der Waals surface area contributed by atoms with Crippen molar-refractivity contribution in [2.45, 2.75) is 25.6 Å². The Morgan fingerprint density at radius 3 is 2.86 bits per heavy atom. The summed E-state index contributed by atoms with van der Waals surface area (Å²) < 4.78 is 22.9. The summed E-state index contributed by atoms with van der Waals surface area (Å²) in [5.74, 6) is 0.637. The first-order chi connectivity index (χ1) is 14.0. The maximum absolute atomic E-state index is 11.7. The second-order valence-electron chi connectivity index (χ2n) is 7.83. The highest BCUT2D eigenvalue weighted by atomic mass is 35.5. The predicted molar refractivity (Wildman–Crippen MR) is 110 cm³/mol. The van der Waals surface area contributed by atoms with Crippen LogP contribution in [0.3, 0.4) is 0 Å². The van der Waals surface area contributed by atoms with Crippen LogP contribution in [0.2, 0.25) is 0 Å². The highest BCUT2D eigenvalue weighted by molar-refractivity contribution is 6.31. The maximum Gasteiger partial charge on any atom is 0.337 e. The number of halogens is 1. The number of allylic oxidation sites excluding steroid dienone is 4. The molecule has 6 nitrogen and oxygen atoms in total. The molecule has 0 radical (unpaired) electrons. The molecule has 2 aliphatic carbocycles. The number of nitrogens with two attached hydrogens (primary N) is 1. The van der Waals surface area contributed by atoms with E-state index in [0.29, 0.717) is 42.7 Å². The predicted octanol–water partition coefficient (Wildman–Crippen LogP) is 3.90. The van der Waals surface area contributed by atoms with Crippen LogP contribution in [-0.2, 0) is 14.2 Å². The number of benzene rings is 1. The van der Waals surface area contributed by atoms with Crippen molar-refractivity contribution in [2.75, 3.05) is 32.7 Å². The second-order valence-corrected chi connectivity index (χ2v) is 8.27. The molecule has 3 atom stereocenters. The molecule has 2 fully saturated rings. The van der Waals surface area contributed by atoms with E-state index >= 15 is 0 Å². The van der Waals surface area contributed by atoms with Gasteiger partial charge in [0.15, 0.2) is 6.29 Å². The van der Waals surface area contributed by atoms with Crippen LogP contribution < -0.4 is 10.5 Å². The van der Waals surface area contributed by atoms with Crippen LogP contribution in [-0.4, -0.2) is 39.2 Å². The minimum Gasteiger partial charge on any atom is -0.491 e. The first-order valence-electron chi connectivity index (χ1n) is 9.93. The number of carbonyl (C=O) groups is 1. The third-order valence-corrected chi connectivity index (χ3v) is 6.41. The van der Waals surface area contributed by atoms with Gasteiger partial charge >= 0.3 is 5.97 Å². The summed E-state index contributed by atoms with van der Waals surface area (Å²) in [4.78, 5) is 11.7. The van der Waals surface area contributed by atoms with Gasteiger partial charge in [-0.15, -0.1) is 0 Å². The topological polar surface area (TPSA) is 80.0 Å². The van der Waals surface area contributed by atoms with E-state index in [2.05, 4.69) is 12.2 Å². The average molecular weight is 420 g/mol. The van der Waals surface area contributed by atoms with Crippen molar-refractivity contribution >= 4 is 23.3 Å². The second kappa shape index (κ2) is 8.38. The number of esters is 1. The molecule has 1 aliphatic heterocycles. The highest BCUT2D eigenvalue weighted by Gasteiger charge is 2.53. The van der Waals surface area contributed by atoms with Crippen molar-refractivity contribution in [1.29, 1.82) is 0 Å². The SMILES string of the molecule is COC(=O)c1ccc(OC[C@@]2(C3OCCO3)CCCC3C=C(Cl)C=CC32)c(N)c1. The van der Waals surface area contributed by atoms with Crippen LogP contribution in [0.25, 0.3) is 0 Å². The maximum atomic E-state index is 11.7. The van der Waals surface area contributed by atoms with E-state index in [1.165, 1.54) is 7.11 Å². The largest absolute Gasteiger partial charge is 0.491 e. The summed E-state index contributed by atoms with van der Waals surface area (Å²) in [5, 5.41) is 0.777. The zero-order chi connectivity index (χ0) is 20.4. The van der Waals surface area contributed by atoms with E-state index in [9.17, 15) is 4.79 Å². The summed E-state index contributed by atoms with van der Waals surface area (Å²) >= 11 is 6.26. The van der Waals surface area contributed by atoms with E-state index in [1.54, 1.807) is 18.2 Å². The number of fused-ring (bicyclic) bond motifs is 1. The van der Waals surface area contributed by atoms with Crippen molar-refractivity contribution < 1.29 is 23.7 Å². The van der Waals surface area contributed by atoms with Gasteiger partial charge in [-0.3, -0.25) is 0 Å². The number of carbonyl (C=O) groups excluding carboxylic acids is 1. The molecule has 2 N–H and O–H groups in total. The lowest BCUT2D eigenvalue weighted by molar-refractivity contribution is -0.179. The standard InChI is InChI=1S/C22H26ClNO5/c1-26-20(25)15-4-7-19(18(24)12-15)29-13-22(21-27-9-10-28-21)8-2-3-14-11-16(23)5-6-17(14)22/h4-7,11-12,14,17,21H,2-3,8-10,13,24H2,1H3/t14?,17?,22-/m0/s1. The first-order valence-corrected chi connectivity index (χ1v) is 10.3. The molecule has 3 aliphatic rings. The summed E-state index contributed by atoms with van der Waals surface area (Å²) in [7, 11) is 1.34. The number of hydrogen-bond donors (Lipinski definition) is 1. The fourth-order valence-electron chi connectivity index (χ4n) is 4.76. The quantitative estimate of drug-likeness (QED) is 0.575. The van der Waals surface area contributed by atoms with E-state index < -0.39 is 5.97 Å². The van der Waals surface area contributed by atoms with Crippen molar-refractivity contribution in [1.82, 2.24) is 0 Å². The molecule has 0 spiro atoms. The molecular formula is C22H26ClNO5. The van der Waals surface area contributed by atoms with Gasteiger partial charge in [-0.05, 0) is 49.0 Å². The molecule has 1 aromatic rings. The summed E-state index contributed by atoms with van der Waals surface area (Å²) in [6.45, 7) is 1.57. The average Bonchev–Trinajstić information content (AvgIpc) is 3.27. The zero-order valence-electron chi connectivity index (χ0n) is 16.4. The molecule has 1 saturated carbocycles. The Bertz CT molecular complexity index is 832. The number of rotatable bonds is 5. The Balaban J connectivity index is 1.59. The van der Waals surface area contributed by atoms with Gasteiger partial charge in [0.2, 0.25) is 0 Å². The molecule has 4 rings (SSSR count). The van der Waals surface area contributed by atoms with E-state index in [-0.39, 0.29) is 17.6 Å². The molecule has 0 aromatic heterocycles.